The molecule has 1 aromatic heterocycles. The van der Waals surface area contributed by atoms with Gasteiger partial charge in [0, 0.05) is 24.8 Å². The van der Waals surface area contributed by atoms with Crippen LogP contribution in [0.2, 0.25) is 0 Å². The molecular weight excluding hydrogens is 312 g/mol. The molecule has 5 heteroatoms. The first-order valence-electron chi connectivity index (χ1n) is 8.48. The summed E-state index contributed by atoms with van der Waals surface area (Å²) in [7, 11) is 1.92. The Labute approximate surface area is 148 Å². The van der Waals surface area contributed by atoms with Crippen LogP contribution in [0, 0.1) is 13.8 Å². The first-order valence-corrected chi connectivity index (χ1v) is 8.48. The van der Waals surface area contributed by atoms with E-state index in [0.717, 1.165) is 22.5 Å². The van der Waals surface area contributed by atoms with Crippen LogP contribution in [0.3, 0.4) is 0 Å². The summed E-state index contributed by atoms with van der Waals surface area (Å²) >= 11 is 0. The van der Waals surface area contributed by atoms with Crippen LogP contribution in [-0.2, 0) is 13.6 Å². The molecule has 2 aromatic carbocycles. The molecule has 1 atom stereocenters. The minimum absolute atomic E-state index is 0.0923. The Balaban J connectivity index is 1.62. The SMILES string of the molecule is Cc1nn(C)c(C)c1C(C)NC(=O)NCc1ccc2ccccc2c1. The van der Waals surface area contributed by atoms with Crippen molar-refractivity contribution in [2.75, 3.05) is 0 Å². The van der Waals surface area contributed by atoms with E-state index >= 15 is 0 Å². The van der Waals surface area contributed by atoms with Gasteiger partial charge in [-0.3, -0.25) is 4.68 Å². The molecule has 0 aliphatic heterocycles. The molecule has 0 aliphatic rings. The standard InChI is InChI=1S/C20H24N4O/c1-13(19-14(2)23-24(4)15(19)3)22-20(25)21-12-16-9-10-17-7-5-6-8-18(17)11-16/h5-11,13H,12H2,1-4H3,(H2,21,22,25). The number of carbonyl (C=O) groups excluding carboxylic acids is 1. The maximum atomic E-state index is 12.2. The lowest BCUT2D eigenvalue weighted by Gasteiger charge is -2.15. The highest BCUT2D eigenvalue weighted by Crippen LogP contribution is 2.20. The number of benzene rings is 2. The van der Waals surface area contributed by atoms with Gasteiger partial charge in [0.25, 0.3) is 0 Å². The van der Waals surface area contributed by atoms with Gasteiger partial charge in [-0.25, -0.2) is 4.79 Å². The van der Waals surface area contributed by atoms with Crippen molar-refractivity contribution in [3.8, 4) is 0 Å². The molecule has 2 amide bonds. The van der Waals surface area contributed by atoms with Gasteiger partial charge in [-0.1, -0.05) is 36.4 Å². The monoisotopic (exact) mass is 336 g/mol. The number of hydrogen-bond acceptors (Lipinski definition) is 2. The molecule has 0 spiro atoms. The topological polar surface area (TPSA) is 59.0 Å². The Morgan fingerprint density at radius 2 is 1.88 bits per heavy atom. The van der Waals surface area contributed by atoms with Gasteiger partial charge in [0.2, 0.25) is 0 Å². The zero-order valence-corrected chi connectivity index (χ0v) is 15.1. The average molecular weight is 336 g/mol. The molecule has 0 fully saturated rings. The Bertz CT molecular complexity index is 913. The highest BCUT2D eigenvalue weighted by molar-refractivity contribution is 5.83. The molecule has 3 aromatic rings. The quantitative estimate of drug-likeness (QED) is 0.762. The fourth-order valence-electron chi connectivity index (χ4n) is 3.27. The summed E-state index contributed by atoms with van der Waals surface area (Å²) in [6.45, 7) is 6.45. The average Bonchev–Trinajstić information content (AvgIpc) is 2.85. The van der Waals surface area contributed by atoms with Crippen molar-refractivity contribution in [2.45, 2.75) is 33.4 Å². The highest BCUT2D eigenvalue weighted by Gasteiger charge is 2.17. The summed E-state index contributed by atoms with van der Waals surface area (Å²) in [5, 5.41) is 12.7. The third-order valence-electron chi connectivity index (χ3n) is 4.61. The third kappa shape index (κ3) is 3.65. The van der Waals surface area contributed by atoms with Crippen LogP contribution in [0.5, 0.6) is 0 Å². The zero-order valence-electron chi connectivity index (χ0n) is 15.1. The number of aryl methyl sites for hydroxylation is 2. The van der Waals surface area contributed by atoms with Gasteiger partial charge in [-0.2, -0.15) is 5.10 Å². The van der Waals surface area contributed by atoms with E-state index in [9.17, 15) is 4.79 Å². The second-order valence-corrected chi connectivity index (χ2v) is 6.44. The maximum Gasteiger partial charge on any atom is 0.315 e. The molecular formula is C20H24N4O. The molecule has 3 rings (SSSR count). The van der Waals surface area contributed by atoms with Crippen LogP contribution < -0.4 is 10.6 Å². The molecule has 25 heavy (non-hydrogen) atoms. The van der Waals surface area contributed by atoms with E-state index in [1.54, 1.807) is 0 Å². The molecule has 130 valence electrons. The number of hydrogen-bond donors (Lipinski definition) is 2. The van der Waals surface area contributed by atoms with Crippen molar-refractivity contribution in [1.82, 2.24) is 20.4 Å². The maximum absolute atomic E-state index is 12.2. The van der Waals surface area contributed by atoms with Crippen LogP contribution in [0.1, 0.15) is 35.5 Å². The fourth-order valence-corrected chi connectivity index (χ4v) is 3.27. The molecule has 5 nitrogen and oxygen atoms in total. The minimum atomic E-state index is -0.177. The highest BCUT2D eigenvalue weighted by atomic mass is 16.2. The first kappa shape index (κ1) is 17.0. The largest absolute Gasteiger partial charge is 0.334 e. The Hall–Kier alpha value is -2.82. The summed E-state index contributed by atoms with van der Waals surface area (Å²) in [6.07, 6.45) is 0. The van der Waals surface area contributed by atoms with Gasteiger partial charge in [0.15, 0.2) is 0 Å². The van der Waals surface area contributed by atoms with Crippen molar-refractivity contribution in [1.29, 1.82) is 0 Å². The van der Waals surface area contributed by atoms with Crippen molar-refractivity contribution in [3.63, 3.8) is 0 Å². The predicted octanol–water partition coefficient (Wildman–Crippen LogP) is 3.75. The lowest BCUT2D eigenvalue weighted by molar-refractivity contribution is 0.237. The third-order valence-corrected chi connectivity index (χ3v) is 4.61. The number of urea groups is 1. The number of fused-ring (bicyclic) bond motifs is 1. The summed E-state index contributed by atoms with van der Waals surface area (Å²) in [4.78, 5) is 12.2. The molecule has 1 unspecified atom stereocenters. The zero-order chi connectivity index (χ0) is 18.0. The van der Waals surface area contributed by atoms with Crippen LogP contribution in [0.15, 0.2) is 42.5 Å². The van der Waals surface area contributed by atoms with Gasteiger partial charge in [-0.05, 0) is 43.2 Å². The van der Waals surface area contributed by atoms with Crippen LogP contribution in [0.4, 0.5) is 4.79 Å². The normalized spacial score (nSPS) is 12.2. The van der Waals surface area contributed by atoms with Gasteiger partial charge in [-0.15, -0.1) is 0 Å². The van der Waals surface area contributed by atoms with Crippen molar-refractivity contribution < 1.29 is 4.79 Å². The van der Waals surface area contributed by atoms with E-state index in [2.05, 4.69) is 40.0 Å². The predicted molar refractivity (Wildman–Crippen MR) is 100 cm³/mol. The number of amides is 2. The first-order chi connectivity index (χ1) is 12.0. The van der Waals surface area contributed by atoms with E-state index in [0.29, 0.717) is 6.54 Å². The molecule has 1 heterocycles. The number of carbonyl (C=O) groups is 1. The van der Waals surface area contributed by atoms with E-state index in [1.807, 2.05) is 50.7 Å². The van der Waals surface area contributed by atoms with Crippen molar-refractivity contribution >= 4 is 16.8 Å². The second-order valence-electron chi connectivity index (χ2n) is 6.44. The van der Waals surface area contributed by atoms with Gasteiger partial charge < -0.3 is 10.6 Å². The van der Waals surface area contributed by atoms with Gasteiger partial charge >= 0.3 is 6.03 Å². The molecule has 0 saturated heterocycles. The van der Waals surface area contributed by atoms with Gasteiger partial charge in [0.05, 0.1) is 11.7 Å². The van der Waals surface area contributed by atoms with E-state index in [1.165, 1.54) is 10.8 Å². The summed E-state index contributed by atoms with van der Waals surface area (Å²) < 4.78 is 1.84. The Kier molecular flexibility index (Phi) is 4.74. The summed E-state index contributed by atoms with van der Waals surface area (Å²) in [6, 6.07) is 14.2. The fraction of sp³-hybridized carbons (Fsp3) is 0.300. The molecule has 2 N–H and O–H groups in total. The number of nitrogens with one attached hydrogen (secondary N) is 2. The Morgan fingerprint density at radius 3 is 2.56 bits per heavy atom. The summed E-state index contributed by atoms with van der Waals surface area (Å²) in [5.41, 5.74) is 4.17. The van der Waals surface area contributed by atoms with E-state index in [4.69, 9.17) is 0 Å². The second kappa shape index (κ2) is 6.97. The van der Waals surface area contributed by atoms with Crippen LogP contribution in [-0.4, -0.2) is 15.8 Å². The van der Waals surface area contributed by atoms with Crippen molar-refractivity contribution in [3.05, 3.63) is 65.0 Å². The summed E-state index contributed by atoms with van der Waals surface area (Å²) in [5.74, 6) is 0. The smallest absolute Gasteiger partial charge is 0.315 e. The molecule has 0 radical (unpaired) electrons. The molecule has 0 saturated carbocycles. The lowest BCUT2D eigenvalue weighted by Crippen LogP contribution is -2.36. The van der Waals surface area contributed by atoms with E-state index < -0.39 is 0 Å². The number of aromatic nitrogens is 2. The molecule has 0 bridgehead atoms. The number of rotatable bonds is 4. The lowest BCUT2D eigenvalue weighted by atomic mass is 10.1. The van der Waals surface area contributed by atoms with Crippen LogP contribution in [0.25, 0.3) is 10.8 Å². The van der Waals surface area contributed by atoms with Crippen LogP contribution >= 0.6 is 0 Å². The molecule has 0 aliphatic carbocycles. The van der Waals surface area contributed by atoms with E-state index in [-0.39, 0.29) is 12.1 Å². The van der Waals surface area contributed by atoms with Gasteiger partial charge in [0.1, 0.15) is 0 Å². The Morgan fingerprint density at radius 1 is 1.16 bits per heavy atom. The minimum Gasteiger partial charge on any atom is -0.334 e. The van der Waals surface area contributed by atoms with Crippen molar-refractivity contribution in [2.24, 2.45) is 7.05 Å². The number of nitrogens with zero attached hydrogens (tertiary/aromatic N) is 2.